The van der Waals surface area contributed by atoms with Gasteiger partial charge in [-0.05, 0) is 61.6 Å². The van der Waals surface area contributed by atoms with Crippen LogP contribution in [-0.2, 0) is 16.0 Å². The minimum absolute atomic E-state index is 0.0719. The standard InChI is InChI=1S/C16H20FN3O.C11H13N5O/c1-11-13(3-4-15(17)14(11)7-18)16-9-20-6-5-19(2)8-12(20)10-21-16;12-16-14-7-13-11-4-2-9-8(5-6-17)1-3-10(9)15-11/h3-4,12,16H,5-6,8-10H2,1-2H3;2,4,6-8H,1,3,5H2,(H2,12,13,14,15). The third-order valence-corrected chi connectivity index (χ3v) is 7.47. The fourth-order valence-electron chi connectivity index (χ4n) is 5.40. The maximum atomic E-state index is 13.6. The smallest absolute Gasteiger partial charge is 0.154 e. The molecule has 2 saturated heterocycles. The molecule has 0 saturated carbocycles. The van der Waals surface area contributed by atoms with Gasteiger partial charge in [0.05, 0.1) is 18.3 Å². The predicted molar refractivity (Wildman–Crippen MR) is 141 cm³/mol. The Kier molecular flexibility index (Phi) is 9.23. The van der Waals surface area contributed by atoms with Crippen LogP contribution in [0.25, 0.3) is 0 Å². The molecule has 0 bridgehead atoms. The van der Waals surface area contributed by atoms with E-state index in [4.69, 9.17) is 15.8 Å². The van der Waals surface area contributed by atoms with E-state index in [1.165, 1.54) is 12.4 Å². The van der Waals surface area contributed by atoms with Crippen LogP contribution in [-0.4, -0.2) is 73.3 Å². The van der Waals surface area contributed by atoms with Gasteiger partial charge in [-0.1, -0.05) is 17.4 Å². The van der Waals surface area contributed by atoms with E-state index in [-0.39, 0.29) is 11.7 Å². The van der Waals surface area contributed by atoms with Crippen LogP contribution < -0.4 is 5.84 Å². The molecule has 38 heavy (non-hydrogen) atoms. The number of piperazine rings is 1. The average molecular weight is 521 g/mol. The summed E-state index contributed by atoms with van der Waals surface area (Å²) >= 11 is 0. The first-order valence-electron chi connectivity index (χ1n) is 12.7. The number of aromatic nitrogens is 1. The molecule has 2 aliphatic heterocycles. The van der Waals surface area contributed by atoms with E-state index in [0.717, 1.165) is 62.1 Å². The number of aryl methyl sites for hydroxylation is 1. The van der Waals surface area contributed by atoms with Crippen LogP contribution in [0.2, 0.25) is 0 Å². The maximum Gasteiger partial charge on any atom is 0.154 e. The number of rotatable bonds is 5. The van der Waals surface area contributed by atoms with Crippen molar-refractivity contribution >= 4 is 18.4 Å². The van der Waals surface area contributed by atoms with Crippen molar-refractivity contribution in [1.82, 2.24) is 14.8 Å². The Balaban J connectivity index is 0.000000181. The van der Waals surface area contributed by atoms with Gasteiger partial charge in [-0.2, -0.15) is 5.26 Å². The number of aldehydes is 1. The number of ether oxygens (including phenoxy) is 1. The number of morpholine rings is 1. The molecule has 1 aromatic heterocycles. The molecule has 200 valence electrons. The van der Waals surface area contributed by atoms with E-state index < -0.39 is 5.82 Å². The van der Waals surface area contributed by atoms with Crippen molar-refractivity contribution < 1.29 is 13.9 Å². The molecule has 3 unspecified atom stereocenters. The van der Waals surface area contributed by atoms with E-state index in [1.54, 1.807) is 13.0 Å². The Morgan fingerprint density at radius 2 is 2.08 bits per heavy atom. The summed E-state index contributed by atoms with van der Waals surface area (Å²) in [5.74, 6) is 5.30. The molecule has 3 aliphatic rings. The number of pyridine rings is 1. The lowest BCUT2D eigenvalue weighted by atomic mass is 9.96. The zero-order valence-corrected chi connectivity index (χ0v) is 21.8. The quantitative estimate of drug-likeness (QED) is 0.160. The zero-order chi connectivity index (χ0) is 27.1. The van der Waals surface area contributed by atoms with E-state index >= 15 is 0 Å². The summed E-state index contributed by atoms with van der Waals surface area (Å²) in [7, 11) is 2.13. The molecule has 5 rings (SSSR count). The summed E-state index contributed by atoms with van der Waals surface area (Å²) in [6.07, 6.45) is 4.60. The molecule has 0 radical (unpaired) electrons. The first-order chi connectivity index (χ1) is 18.4. The van der Waals surface area contributed by atoms with Crippen LogP contribution in [0.5, 0.6) is 0 Å². The molecule has 0 spiro atoms. The Bertz CT molecular complexity index is 1240. The Labute approximate surface area is 222 Å². The number of benzene rings is 1. The second-order valence-corrected chi connectivity index (χ2v) is 9.80. The molecule has 2 N–H and O–H groups in total. The van der Waals surface area contributed by atoms with Crippen molar-refractivity contribution in [3.05, 3.63) is 58.0 Å². The number of halogens is 1. The van der Waals surface area contributed by atoms with Gasteiger partial charge in [-0.15, -0.1) is 5.11 Å². The summed E-state index contributed by atoms with van der Waals surface area (Å²) in [5, 5.41) is 15.6. The summed E-state index contributed by atoms with van der Waals surface area (Å²) in [6, 6.07) is 9.32. The molecular formula is C27H33FN8O2. The minimum Gasteiger partial charge on any atom is -0.370 e. The van der Waals surface area contributed by atoms with Gasteiger partial charge < -0.3 is 20.3 Å². The van der Waals surface area contributed by atoms with E-state index in [0.29, 0.717) is 36.4 Å². The Hall–Kier alpha value is -3.59. The summed E-state index contributed by atoms with van der Waals surface area (Å²) in [6.45, 7) is 6.43. The fraction of sp³-hybridized carbons (Fsp3) is 0.481. The molecule has 2 aromatic rings. The van der Waals surface area contributed by atoms with Gasteiger partial charge in [0, 0.05) is 44.3 Å². The molecule has 3 heterocycles. The predicted octanol–water partition coefficient (Wildman–Crippen LogP) is 3.38. The van der Waals surface area contributed by atoms with Crippen LogP contribution in [0.1, 0.15) is 52.8 Å². The van der Waals surface area contributed by atoms with Crippen LogP contribution in [0.3, 0.4) is 0 Å². The number of hydrogen-bond donors (Lipinski definition) is 1. The number of likely N-dealkylation sites (N-methyl/N-ethyl adjacent to an activating group) is 1. The Morgan fingerprint density at radius 1 is 1.26 bits per heavy atom. The van der Waals surface area contributed by atoms with Crippen molar-refractivity contribution in [3.63, 3.8) is 0 Å². The molecule has 3 atom stereocenters. The highest BCUT2D eigenvalue weighted by molar-refractivity contribution is 5.60. The normalized spacial score (nSPS) is 23.5. The van der Waals surface area contributed by atoms with Gasteiger partial charge >= 0.3 is 0 Å². The van der Waals surface area contributed by atoms with Crippen LogP contribution in [0.15, 0.2) is 39.6 Å². The number of hydrogen-bond acceptors (Lipinski definition) is 8. The highest BCUT2D eigenvalue weighted by Crippen LogP contribution is 2.35. The second-order valence-electron chi connectivity index (χ2n) is 9.80. The number of carbonyl (C=O) groups excluding carboxylic acids is 1. The average Bonchev–Trinajstić information content (AvgIpc) is 3.31. The number of aliphatic imine (C=N–C) groups is 1. The Morgan fingerprint density at radius 3 is 2.84 bits per heavy atom. The van der Waals surface area contributed by atoms with Gasteiger partial charge in [-0.3, -0.25) is 4.90 Å². The lowest BCUT2D eigenvalue weighted by Crippen LogP contribution is -2.57. The highest BCUT2D eigenvalue weighted by Gasteiger charge is 2.34. The second kappa shape index (κ2) is 12.8. The van der Waals surface area contributed by atoms with Gasteiger partial charge in [0.15, 0.2) is 5.82 Å². The highest BCUT2D eigenvalue weighted by atomic mass is 19.1. The van der Waals surface area contributed by atoms with Crippen molar-refractivity contribution in [2.45, 2.75) is 44.2 Å². The van der Waals surface area contributed by atoms with Crippen molar-refractivity contribution in [1.29, 1.82) is 5.26 Å². The van der Waals surface area contributed by atoms with E-state index in [2.05, 4.69) is 37.2 Å². The third-order valence-electron chi connectivity index (χ3n) is 7.47. The zero-order valence-electron chi connectivity index (χ0n) is 21.8. The molecule has 0 amide bonds. The minimum atomic E-state index is -0.452. The van der Waals surface area contributed by atoms with Gasteiger partial charge in [-0.25, -0.2) is 14.4 Å². The largest absolute Gasteiger partial charge is 0.370 e. The van der Waals surface area contributed by atoms with Crippen molar-refractivity contribution in [3.8, 4) is 6.07 Å². The fourth-order valence-corrected chi connectivity index (χ4v) is 5.40. The van der Waals surface area contributed by atoms with Crippen molar-refractivity contribution in [2.75, 3.05) is 39.8 Å². The van der Waals surface area contributed by atoms with E-state index in [1.807, 2.05) is 18.2 Å². The van der Waals surface area contributed by atoms with E-state index in [9.17, 15) is 9.18 Å². The number of nitrogens with zero attached hydrogens (tertiary/aromatic N) is 7. The number of nitrogens with two attached hydrogens (primary N) is 1. The summed E-state index contributed by atoms with van der Waals surface area (Å²) in [5.41, 5.74) is 3.96. The maximum absolute atomic E-state index is 13.6. The lowest BCUT2D eigenvalue weighted by Gasteiger charge is -2.45. The number of nitriles is 1. The summed E-state index contributed by atoms with van der Waals surface area (Å²) < 4.78 is 19.6. The summed E-state index contributed by atoms with van der Waals surface area (Å²) in [4.78, 5) is 23.7. The number of fused-ring (bicyclic) bond motifs is 2. The molecule has 1 aliphatic carbocycles. The molecule has 11 heteroatoms. The SMILES string of the molecule is Cc1c(C2CN3CCN(C)CC3CO2)ccc(F)c1C#N.NN=NC=Nc1ccc2c(n1)CCC2CC=O. The van der Waals surface area contributed by atoms with Crippen molar-refractivity contribution in [2.24, 2.45) is 21.2 Å². The lowest BCUT2D eigenvalue weighted by molar-refractivity contribution is -0.108. The third kappa shape index (κ3) is 6.27. The van der Waals surface area contributed by atoms with Crippen LogP contribution >= 0.6 is 0 Å². The first kappa shape index (κ1) is 27.4. The molecule has 2 fully saturated rings. The molecule has 10 nitrogen and oxygen atoms in total. The molecule has 1 aromatic carbocycles. The van der Waals surface area contributed by atoms with Gasteiger partial charge in [0.25, 0.3) is 0 Å². The van der Waals surface area contributed by atoms with Crippen LogP contribution in [0.4, 0.5) is 10.2 Å². The first-order valence-corrected chi connectivity index (χ1v) is 12.7. The van der Waals surface area contributed by atoms with Gasteiger partial charge in [0.2, 0.25) is 0 Å². The van der Waals surface area contributed by atoms with Crippen LogP contribution in [0, 0.1) is 24.1 Å². The topological polar surface area (TPSA) is 133 Å². The monoisotopic (exact) mass is 520 g/mol. The van der Waals surface area contributed by atoms with Gasteiger partial charge in [0.1, 0.15) is 24.5 Å². The number of carbonyl (C=O) groups is 1. The molecular weight excluding hydrogens is 487 g/mol.